The van der Waals surface area contributed by atoms with Crippen molar-refractivity contribution < 1.29 is 19.2 Å². The van der Waals surface area contributed by atoms with Crippen LogP contribution in [0.15, 0.2) is 37.2 Å². The molecule has 0 unspecified atom stereocenters. The Morgan fingerprint density at radius 2 is 1.51 bits per heavy atom. The first-order valence-corrected chi connectivity index (χ1v) is 10.7. The lowest BCUT2D eigenvalue weighted by Gasteiger charge is -2.12. The Morgan fingerprint density at radius 3 is 2.14 bits per heavy atom. The number of aromatic nitrogens is 6. The van der Waals surface area contributed by atoms with Crippen LogP contribution in [-0.4, -0.2) is 91.5 Å². The lowest BCUT2D eigenvalue weighted by Crippen LogP contribution is -2.35. The Morgan fingerprint density at radius 1 is 0.857 bits per heavy atom. The Balaban J connectivity index is 1.50. The molecular weight excluding hydrogens is 458 g/mol. The van der Waals surface area contributed by atoms with Crippen LogP contribution < -0.4 is 21.5 Å². The first kappa shape index (κ1) is 25.1. The average molecular weight is 486 g/mol. The van der Waals surface area contributed by atoms with Crippen LogP contribution in [0.5, 0.6) is 0 Å². The molecule has 15 heteroatoms. The number of amides is 4. The Labute approximate surface area is 200 Å². The van der Waals surface area contributed by atoms with Gasteiger partial charge in [-0.1, -0.05) is 0 Å². The van der Waals surface area contributed by atoms with Crippen molar-refractivity contribution in [1.29, 1.82) is 0 Å². The van der Waals surface area contributed by atoms with Crippen LogP contribution in [0.2, 0.25) is 0 Å². The molecule has 3 aromatic rings. The van der Waals surface area contributed by atoms with Crippen molar-refractivity contribution in [2.75, 3.05) is 44.6 Å². The van der Waals surface area contributed by atoms with Crippen LogP contribution >= 0.6 is 0 Å². The summed E-state index contributed by atoms with van der Waals surface area (Å²) in [7, 11) is 3.91. The summed E-state index contributed by atoms with van der Waals surface area (Å²) in [5.41, 5.74) is 4.95. The maximum absolute atomic E-state index is 12.7. The van der Waals surface area contributed by atoms with Gasteiger partial charge in [0.1, 0.15) is 0 Å². The highest BCUT2D eigenvalue weighted by Crippen LogP contribution is 2.01. The van der Waals surface area contributed by atoms with E-state index in [0.29, 0.717) is 6.54 Å². The number of nitrogens with one attached hydrogen (secondary N) is 5. The number of carbonyl (C=O) groups excluding carboxylic acids is 4. The zero-order valence-electron chi connectivity index (χ0n) is 19.3. The minimum Gasteiger partial charge on any atom is -0.356 e. The third-order valence-electron chi connectivity index (χ3n) is 4.59. The van der Waals surface area contributed by atoms with Gasteiger partial charge in [-0.05, 0) is 27.1 Å². The Bertz CT molecular complexity index is 1150. The molecule has 0 spiro atoms. The molecule has 35 heavy (non-hydrogen) atoms. The molecule has 0 saturated heterocycles. The molecule has 186 valence electrons. The van der Waals surface area contributed by atoms with Crippen LogP contribution in [-0.2, 0) is 4.79 Å². The molecule has 0 aliphatic rings. The molecule has 3 aromatic heterocycles. The number of aromatic amines is 1. The summed E-state index contributed by atoms with van der Waals surface area (Å²) < 4.78 is 2.24. The van der Waals surface area contributed by atoms with E-state index in [-0.39, 0.29) is 36.3 Å². The van der Waals surface area contributed by atoms with Gasteiger partial charge in [-0.25, -0.2) is 24.3 Å². The molecule has 0 aliphatic carbocycles. The van der Waals surface area contributed by atoms with Crippen LogP contribution in [0.25, 0.3) is 0 Å². The van der Waals surface area contributed by atoms with E-state index in [2.05, 4.69) is 41.4 Å². The summed E-state index contributed by atoms with van der Waals surface area (Å²) in [5.74, 6) is -2.22. The second-order valence-corrected chi connectivity index (χ2v) is 7.57. The van der Waals surface area contributed by atoms with Gasteiger partial charge < -0.3 is 20.5 Å². The molecule has 15 nitrogen and oxygen atoms in total. The quantitative estimate of drug-likeness (QED) is 0.197. The molecule has 5 N–H and O–H groups in total. The predicted molar refractivity (Wildman–Crippen MR) is 124 cm³/mol. The summed E-state index contributed by atoms with van der Waals surface area (Å²) in [6, 6.07) is 0. The monoisotopic (exact) mass is 485 g/mol. The molecule has 0 radical (unpaired) electrons. The maximum Gasteiger partial charge on any atom is 0.307 e. The zero-order valence-corrected chi connectivity index (χ0v) is 19.3. The minimum absolute atomic E-state index is 0.0564. The predicted octanol–water partition coefficient (Wildman–Crippen LogP) is -1.24. The molecule has 0 saturated carbocycles. The summed E-state index contributed by atoms with van der Waals surface area (Å²) in [5, 5.41) is 5.38. The highest BCUT2D eigenvalue weighted by atomic mass is 16.2. The Hall–Kier alpha value is -4.53. The van der Waals surface area contributed by atoms with E-state index in [9.17, 15) is 19.2 Å². The standard InChI is InChI=1S/C20H27N11O4/c1-29(2)11-3-5-21-14(32)4-6-26-19(34)16-24-9-12-30(16)28-20(35)17-25-10-13-31(17)27-18(33)15-22-7-8-23-15/h7-10,12-13H,3-6,11H2,1-2H3,(H,21,32)(H,22,23)(H,26,34)(H,27,33)(H,28,35). The van der Waals surface area contributed by atoms with E-state index >= 15 is 0 Å². The van der Waals surface area contributed by atoms with E-state index in [4.69, 9.17) is 0 Å². The van der Waals surface area contributed by atoms with Crippen LogP contribution in [0, 0.1) is 0 Å². The summed E-state index contributed by atoms with van der Waals surface area (Å²) >= 11 is 0. The lowest BCUT2D eigenvalue weighted by molar-refractivity contribution is -0.120. The number of imidazole rings is 3. The fourth-order valence-electron chi connectivity index (χ4n) is 2.91. The van der Waals surface area contributed by atoms with E-state index in [1.54, 1.807) is 0 Å². The molecule has 0 aromatic carbocycles. The number of rotatable bonds is 12. The minimum atomic E-state index is -0.709. The van der Waals surface area contributed by atoms with Gasteiger partial charge in [0.25, 0.3) is 5.91 Å². The summed E-state index contributed by atoms with van der Waals surface area (Å²) in [6.45, 7) is 1.52. The van der Waals surface area contributed by atoms with Crippen molar-refractivity contribution in [2.24, 2.45) is 0 Å². The van der Waals surface area contributed by atoms with Crippen LogP contribution in [0.3, 0.4) is 0 Å². The van der Waals surface area contributed by atoms with Gasteiger partial charge >= 0.3 is 11.8 Å². The van der Waals surface area contributed by atoms with Crippen molar-refractivity contribution >= 4 is 23.6 Å². The van der Waals surface area contributed by atoms with E-state index in [0.717, 1.165) is 22.3 Å². The van der Waals surface area contributed by atoms with E-state index < -0.39 is 17.7 Å². The van der Waals surface area contributed by atoms with Crippen molar-refractivity contribution in [3.05, 3.63) is 54.7 Å². The molecule has 3 heterocycles. The van der Waals surface area contributed by atoms with E-state index in [1.165, 1.54) is 37.2 Å². The van der Waals surface area contributed by atoms with E-state index in [1.807, 2.05) is 19.0 Å². The third kappa shape index (κ3) is 7.23. The van der Waals surface area contributed by atoms with Crippen molar-refractivity contribution in [3.63, 3.8) is 0 Å². The first-order valence-electron chi connectivity index (χ1n) is 10.7. The summed E-state index contributed by atoms with van der Waals surface area (Å²) in [4.78, 5) is 65.7. The highest BCUT2D eigenvalue weighted by Gasteiger charge is 2.19. The zero-order chi connectivity index (χ0) is 25.2. The SMILES string of the molecule is CN(C)CCCNC(=O)CCNC(=O)c1nccn1NC(=O)c1nccn1NC(=O)c1ncc[nH]1. The van der Waals surface area contributed by atoms with Crippen molar-refractivity contribution in [1.82, 2.24) is 44.8 Å². The van der Waals surface area contributed by atoms with Gasteiger partial charge in [0.2, 0.25) is 17.6 Å². The molecule has 0 bridgehead atoms. The fraction of sp³-hybridized carbons (Fsp3) is 0.350. The number of H-pyrrole nitrogens is 1. The lowest BCUT2D eigenvalue weighted by atomic mass is 10.3. The fourth-order valence-corrected chi connectivity index (χ4v) is 2.91. The number of nitrogens with zero attached hydrogens (tertiary/aromatic N) is 6. The first-order chi connectivity index (χ1) is 16.8. The molecular formula is C20H27N11O4. The van der Waals surface area contributed by atoms with Gasteiger partial charge in [0.05, 0.1) is 0 Å². The van der Waals surface area contributed by atoms with Crippen LogP contribution in [0.4, 0.5) is 0 Å². The molecule has 0 atom stereocenters. The molecule has 4 amide bonds. The van der Waals surface area contributed by atoms with Crippen molar-refractivity contribution in [2.45, 2.75) is 12.8 Å². The summed E-state index contributed by atoms with van der Waals surface area (Å²) in [6.07, 6.45) is 9.24. The van der Waals surface area contributed by atoms with Crippen LogP contribution in [0.1, 0.15) is 44.7 Å². The number of carbonyl (C=O) groups is 4. The van der Waals surface area contributed by atoms with Crippen molar-refractivity contribution in [3.8, 4) is 0 Å². The van der Waals surface area contributed by atoms with Gasteiger partial charge in [-0.15, -0.1) is 0 Å². The van der Waals surface area contributed by atoms with Gasteiger partial charge in [-0.3, -0.25) is 30.0 Å². The second kappa shape index (κ2) is 12.1. The Kier molecular flexibility index (Phi) is 8.66. The second-order valence-electron chi connectivity index (χ2n) is 7.57. The maximum atomic E-state index is 12.7. The molecule has 3 rings (SSSR count). The normalized spacial score (nSPS) is 10.7. The molecule has 0 aliphatic heterocycles. The smallest absolute Gasteiger partial charge is 0.307 e. The van der Waals surface area contributed by atoms with Gasteiger partial charge in [-0.2, -0.15) is 0 Å². The topological polar surface area (TPSA) is 184 Å². The van der Waals surface area contributed by atoms with Gasteiger partial charge in [0.15, 0.2) is 5.82 Å². The third-order valence-corrected chi connectivity index (χ3v) is 4.59. The molecule has 0 fully saturated rings. The van der Waals surface area contributed by atoms with Gasteiger partial charge in [0, 0.05) is 56.7 Å². The average Bonchev–Trinajstić information content (AvgIpc) is 3.58. The largest absolute Gasteiger partial charge is 0.356 e. The number of hydrogen-bond acceptors (Lipinski definition) is 8. The number of hydrogen-bond donors (Lipinski definition) is 5. The highest BCUT2D eigenvalue weighted by molar-refractivity contribution is 6.00.